The number of rotatable bonds is 2. The average molecular weight is 348 g/mol. The lowest BCUT2D eigenvalue weighted by Crippen LogP contribution is -2.28. The monoisotopic (exact) mass is 347 g/mol. The number of fused-ring (bicyclic) bond motifs is 1. The van der Waals surface area contributed by atoms with Gasteiger partial charge in [0.15, 0.2) is 17.6 Å². The molecule has 0 saturated carbocycles. The van der Waals surface area contributed by atoms with Crippen molar-refractivity contribution >= 4 is 11.6 Å². The molecule has 0 aromatic heterocycles. The van der Waals surface area contributed by atoms with Crippen LogP contribution in [0.5, 0.6) is 11.5 Å². The highest BCUT2D eigenvalue weighted by Crippen LogP contribution is 2.44. The minimum atomic E-state index is -0.461. The van der Waals surface area contributed by atoms with E-state index in [4.69, 9.17) is 21.1 Å². The summed E-state index contributed by atoms with van der Waals surface area (Å²) in [4.78, 5) is 0. The zero-order valence-electron chi connectivity index (χ0n) is 13.2. The Morgan fingerprint density at radius 2 is 1.92 bits per heavy atom. The van der Waals surface area contributed by atoms with E-state index in [9.17, 15) is 4.39 Å². The number of para-hydroxylation sites is 1. The molecule has 5 heteroatoms. The maximum Gasteiger partial charge on any atom is 0.165 e. The second-order valence-electron chi connectivity index (χ2n) is 6.28. The Balaban J connectivity index is 1.66. The van der Waals surface area contributed by atoms with E-state index in [0.717, 1.165) is 43.0 Å². The highest BCUT2D eigenvalue weighted by Gasteiger charge is 2.29. The molecular formula is C19H19ClFNO2. The van der Waals surface area contributed by atoms with Crippen LogP contribution >= 0.6 is 11.6 Å². The SMILES string of the molecule is Fc1cc(Cl)ccc1[C@H]1COc2cccc(C3CCNCC3)c2O1. The van der Waals surface area contributed by atoms with Crippen LogP contribution in [-0.4, -0.2) is 19.7 Å². The Labute approximate surface area is 145 Å². The van der Waals surface area contributed by atoms with Crippen LogP contribution in [0.3, 0.4) is 0 Å². The van der Waals surface area contributed by atoms with Crippen LogP contribution in [-0.2, 0) is 0 Å². The largest absolute Gasteiger partial charge is 0.485 e. The van der Waals surface area contributed by atoms with Gasteiger partial charge in [-0.1, -0.05) is 29.8 Å². The molecule has 2 aromatic rings. The Hall–Kier alpha value is -1.78. The van der Waals surface area contributed by atoms with Crippen molar-refractivity contribution in [3.05, 3.63) is 58.4 Å². The van der Waals surface area contributed by atoms with Crippen LogP contribution in [0, 0.1) is 5.82 Å². The summed E-state index contributed by atoms with van der Waals surface area (Å²) in [7, 11) is 0. The number of halogens is 2. The van der Waals surface area contributed by atoms with Gasteiger partial charge < -0.3 is 14.8 Å². The predicted molar refractivity (Wildman–Crippen MR) is 91.6 cm³/mol. The number of benzene rings is 2. The summed E-state index contributed by atoms with van der Waals surface area (Å²) in [6.07, 6.45) is 1.68. The molecule has 2 aliphatic rings. The van der Waals surface area contributed by atoms with Crippen molar-refractivity contribution in [2.45, 2.75) is 24.9 Å². The van der Waals surface area contributed by atoms with Crippen LogP contribution in [0.2, 0.25) is 5.02 Å². The number of piperidine rings is 1. The van der Waals surface area contributed by atoms with E-state index in [-0.39, 0.29) is 5.82 Å². The highest BCUT2D eigenvalue weighted by atomic mass is 35.5. The molecule has 4 rings (SSSR count). The third kappa shape index (κ3) is 2.96. The van der Waals surface area contributed by atoms with Crippen molar-refractivity contribution in [3.63, 3.8) is 0 Å². The van der Waals surface area contributed by atoms with E-state index >= 15 is 0 Å². The first-order valence-corrected chi connectivity index (χ1v) is 8.68. The van der Waals surface area contributed by atoms with Gasteiger partial charge in [-0.25, -0.2) is 4.39 Å². The molecule has 2 aromatic carbocycles. The molecule has 1 atom stereocenters. The van der Waals surface area contributed by atoms with Crippen molar-refractivity contribution in [1.29, 1.82) is 0 Å². The number of hydrogen-bond acceptors (Lipinski definition) is 3. The Morgan fingerprint density at radius 1 is 1.08 bits per heavy atom. The van der Waals surface area contributed by atoms with Crippen LogP contribution in [0.4, 0.5) is 4.39 Å². The van der Waals surface area contributed by atoms with Crippen molar-refractivity contribution in [2.24, 2.45) is 0 Å². The van der Waals surface area contributed by atoms with Gasteiger partial charge >= 0.3 is 0 Å². The molecule has 2 aliphatic heterocycles. The molecule has 1 N–H and O–H groups in total. The van der Waals surface area contributed by atoms with Crippen LogP contribution in [0.25, 0.3) is 0 Å². The predicted octanol–water partition coefficient (Wildman–Crippen LogP) is 4.46. The maximum absolute atomic E-state index is 14.2. The minimum Gasteiger partial charge on any atom is -0.485 e. The van der Waals surface area contributed by atoms with Crippen LogP contribution < -0.4 is 14.8 Å². The molecule has 1 saturated heterocycles. The molecule has 126 valence electrons. The average Bonchev–Trinajstić information content (AvgIpc) is 2.61. The zero-order valence-corrected chi connectivity index (χ0v) is 14.0. The molecule has 0 radical (unpaired) electrons. The van der Waals surface area contributed by atoms with E-state index < -0.39 is 6.10 Å². The van der Waals surface area contributed by atoms with Gasteiger partial charge in [-0.3, -0.25) is 0 Å². The maximum atomic E-state index is 14.2. The Bertz CT molecular complexity index is 746. The van der Waals surface area contributed by atoms with Crippen LogP contribution in [0.1, 0.15) is 36.0 Å². The van der Waals surface area contributed by atoms with Gasteiger partial charge in [0.25, 0.3) is 0 Å². The smallest absolute Gasteiger partial charge is 0.165 e. The molecule has 3 nitrogen and oxygen atoms in total. The number of hydrogen-bond donors (Lipinski definition) is 1. The molecule has 0 bridgehead atoms. The minimum absolute atomic E-state index is 0.293. The molecule has 0 amide bonds. The third-order valence-corrected chi connectivity index (χ3v) is 4.98. The first-order chi connectivity index (χ1) is 11.7. The van der Waals surface area contributed by atoms with Crippen LogP contribution in [0.15, 0.2) is 36.4 Å². The fraction of sp³-hybridized carbons (Fsp3) is 0.368. The Morgan fingerprint density at radius 3 is 2.71 bits per heavy atom. The zero-order chi connectivity index (χ0) is 16.5. The van der Waals surface area contributed by atoms with Gasteiger partial charge in [0, 0.05) is 16.1 Å². The van der Waals surface area contributed by atoms with Gasteiger partial charge in [0.2, 0.25) is 0 Å². The highest BCUT2D eigenvalue weighted by molar-refractivity contribution is 6.30. The van der Waals surface area contributed by atoms with Crippen molar-refractivity contribution < 1.29 is 13.9 Å². The van der Waals surface area contributed by atoms with Gasteiger partial charge in [-0.05, 0) is 50.0 Å². The van der Waals surface area contributed by atoms with E-state index in [2.05, 4.69) is 11.4 Å². The normalized spacial score (nSPS) is 20.8. The lowest BCUT2D eigenvalue weighted by atomic mass is 9.89. The summed E-state index contributed by atoms with van der Waals surface area (Å²) in [5.74, 6) is 1.59. The number of ether oxygens (including phenoxy) is 2. The molecule has 1 fully saturated rings. The molecule has 0 spiro atoms. The first-order valence-electron chi connectivity index (χ1n) is 8.30. The summed E-state index contributed by atoms with van der Waals surface area (Å²) in [6, 6.07) is 10.7. The molecule has 0 unspecified atom stereocenters. The lowest BCUT2D eigenvalue weighted by molar-refractivity contribution is 0.0864. The van der Waals surface area contributed by atoms with E-state index in [1.165, 1.54) is 6.07 Å². The van der Waals surface area contributed by atoms with Crippen molar-refractivity contribution in [1.82, 2.24) is 5.32 Å². The summed E-state index contributed by atoms with van der Waals surface area (Å²) in [5, 5.41) is 3.76. The Kier molecular flexibility index (Phi) is 4.33. The van der Waals surface area contributed by atoms with E-state index in [0.29, 0.717) is 23.1 Å². The van der Waals surface area contributed by atoms with E-state index in [1.807, 2.05) is 12.1 Å². The quantitative estimate of drug-likeness (QED) is 0.870. The van der Waals surface area contributed by atoms with Gasteiger partial charge in [-0.2, -0.15) is 0 Å². The molecular weight excluding hydrogens is 329 g/mol. The number of nitrogens with one attached hydrogen (secondary N) is 1. The molecule has 2 heterocycles. The topological polar surface area (TPSA) is 30.5 Å². The second-order valence-corrected chi connectivity index (χ2v) is 6.72. The van der Waals surface area contributed by atoms with E-state index in [1.54, 1.807) is 12.1 Å². The summed E-state index contributed by atoms with van der Waals surface area (Å²) < 4.78 is 26.3. The van der Waals surface area contributed by atoms with Crippen molar-refractivity contribution in [2.75, 3.05) is 19.7 Å². The van der Waals surface area contributed by atoms with Gasteiger partial charge in [0.1, 0.15) is 12.4 Å². The molecule has 24 heavy (non-hydrogen) atoms. The standard InChI is InChI=1S/C19H19ClFNO2/c20-13-4-5-15(16(21)10-13)18-11-23-17-3-1-2-14(19(17)24-18)12-6-8-22-9-7-12/h1-5,10,12,18,22H,6-9,11H2/t18-/m1/s1. The summed E-state index contributed by atoms with van der Waals surface area (Å²) in [6.45, 7) is 2.30. The fourth-order valence-electron chi connectivity index (χ4n) is 3.48. The van der Waals surface area contributed by atoms with Gasteiger partial charge in [-0.15, -0.1) is 0 Å². The van der Waals surface area contributed by atoms with Crippen molar-refractivity contribution in [3.8, 4) is 11.5 Å². The second kappa shape index (κ2) is 6.61. The molecule has 0 aliphatic carbocycles. The third-order valence-electron chi connectivity index (χ3n) is 4.75. The lowest BCUT2D eigenvalue weighted by Gasteiger charge is -2.31. The van der Waals surface area contributed by atoms with Gasteiger partial charge in [0.05, 0.1) is 0 Å². The first kappa shape index (κ1) is 15.7. The summed E-state index contributed by atoms with van der Waals surface area (Å²) >= 11 is 5.85. The summed E-state index contributed by atoms with van der Waals surface area (Å²) in [5.41, 5.74) is 1.64. The fourth-order valence-corrected chi connectivity index (χ4v) is 3.64.